The SMILES string of the molecule is [N-]=[N+]=N[C@@H]1[C@H](OCCc2ccc([N+](=O)[O-])cc2)O[C@@H]2CO[C@@H](c3ccccc3)O[C@H]2[C@@H]1O[C@@]1(COC(=O)c2ccccc2)O[C@H](COC(=O)c2ccccc2)[C@@H](OC(=O)c2ccccc2)[C@@H]1OC(=O)c1ccccc1. The fraction of sp³-hybridized carbons (Fsp3) is 0.273. The molecule has 0 spiro atoms. The minimum atomic E-state index is -2.55. The molecule has 3 fully saturated rings. The lowest BCUT2D eigenvalue weighted by Gasteiger charge is -2.50. The summed E-state index contributed by atoms with van der Waals surface area (Å²) in [4.78, 5) is 70.4. The highest BCUT2D eigenvalue weighted by atomic mass is 16.8. The van der Waals surface area contributed by atoms with Crippen molar-refractivity contribution >= 4 is 29.6 Å². The topological polar surface area (TPSA) is 252 Å². The van der Waals surface area contributed by atoms with Gasteiger partial charge in [-0.3, -0.25) is 10.1 Å². The molecule has 75 heavy (non-hydrogen) atoms. The van der Waals surface area contributed by atoms with Gasteiger partial charge in [0.2, 0.25) is 5.79 Å². The van der Waals surface area contributed by atoms with Crippen molar-refractivity contribution in [2.45, 2.75) is 67.5 Å². The van der Waals surface area contributed by atoms with Crippen LogP contribution >= 0.6 is 0 Å². The van der Waals surface area contributed by atoms with Gasteiger partial charge >= 0.3 is 23.9 Å². The molecule has 384 valence electrons. The zero-order valence-corrected chi connectivity index (χ0v) is 39.8. The first-order valence-electron chi connectivity index (χ1n) is 23.8. The molecular weight excluding hydrogens is 973 g/mol. The van der Waals surface area contributed by atoms with E-state index in [1.165, 1.54) is 60.7 Å². The third kappa shape index (κ3) is 12.4. The number of fused-ring (bicyclic) bond motifs is 1. The first-order valence-corrected chi connectivity index (χ1v) is 23.8. The van der Waals surface area contributed by atoms with Crippen LogP contribution in [0.15, 0.2) is 181 Å². The van der Waals surface area contributed by atoms with Crippen LogP contribution in [0.2, 0.25) is 0 Å². The van der Waals surface area contributed by atoms with Gasteiger partial charge in [-0.25, -0.2) is 19.2 Å². The van der Waals surface area contributed by atoms with E-state index in [9.17, 15) is 34.8 Å². The lowest BCUT2D eigenvalue weighted by molar-refractivity contribution is -0.384. The van der Waals surface area contributed by atoms with Gasteiger partial charge in [0.15, 0.2) is 24.8 Å². The Morgan fingerprint density at radius 1 is 0.667 bits per heavy atom. The van der Waals surface area contributed by atoms with Gasteiger partial charge in [0.1, 0.15) is 43.7 Å². The summed E-state index contributed by atoms with van der Waals surface area (Å²) in [6, 6.07) is 45.1. The molecule has 0 aliphatic carbocycles. The highest BCUT2D eigenvalue weighted by Crippen LogP contribution is 2.44. The molecule has 0 saturated carbocycles. The van der Waals surface area contributed by atoms with E-state index in [0.29, 0.717) is 11.1 Å². The van der Waals surface area contributed by atoms with Gasteiger partial charge in [0.05, 0.1) is 40.4 Å². The maximum Gasteiger partial charge on any atom is 0.338 e. The Hall–Kier alpha value is -8.33. The average Bonchev–Trinajstić information content (AvgIpc) is 3.74. The van der Waals surface area contributed by atoms with Crippen molar-refractivity contribution in [1.29, 1.82) is 0 Å². The van der Waals surface area contributed by atoms with Crippen molar-refractivity contribution in [3.8, 4) is 0 Å². The summed E-state index contributed by atoms with van der Waals surface area (Å²) in [5, 5.41) is 15.5. The van der Waals surface area contributed by atoms with E-state index in [1.807, 2.05) is 6.07 Å². The largest absolute Gasteiger partial charge is 0.459 e. The van der Waals surface area contributed by atoms with Gasteiger partial charge in [0, 0.05) is 22.6 Å². The summed E-state index contributed by atoms with van der Waals surface area (Å²) in [6.45, 7) is -1.75. The molecule has 3 aliphatic heterocycles. The molecule has 20 nitrogen and oxygen atoms in total. The molecular formula is C55H48N4O16. The van der Waals surface area contributed by atoms with Crippen LogP contribution < -0.4 is 0 Å². The normalized spacial score (nSPS) is 24.8. The van der Waals surface area contributed by atoms with Crippen LogP contribution in [0, 0.1) is 10.1 Å². The van der Waals surface area contributed by atoms with Crippen LogP contribution in [0.3, 0.4) is 0 Å². The van der Waals surface area contributed by atoms with E-state index in [0.717, 1.165) is 0 Å². The molecule has 0 amide bonds. The molecule has 9 rings (SSSR count). The number of hydrogen-bond acceptors (Lipinski definition) is 17. The van der Waals surface area contributed by atoms with Crippen LogP contribution in [0.4, 0.5) is 5.69 Å². The first-order chi connectivity index (χ1) is 36.6. The van der Waals surface area contributed by atoms with Crippen LogP contribution in [0.5, 0.6) is 0 Å². The first kappa shape index (κ1) is 51.6. The Morgan fingerprint density at radius 2 is 1.20 bits per heavy atom. The zero-order chi connectivity index (χ0) is 52.2. The second-order valence-corrected chi connectivity index (χ2v) is 17.3. The quantitative estimate of drug-likeness (QED) is 0.0141. The minimum absolute atomic E-state index is 0.0535. The number of benzene rings is 6. The molecule has 0 radical (unpaired) electrons. The smallest absolute Gasteiger partial charge is 0.338 e. The van der Waals surface area contributed by atoms with Crippen molar-refractivity contribution in [2.75, 3.05) is 26.4 Å². The minimum Gasteiger partial charge on any atom is -0.459 e. The Kier molecular flexibility index (Phi) is 16.6. The van der Waals surface area contributed by atoms with Crippen LogP contribution in [0.25, 0.3) is 10.4 Å². The maximum absolute atomic E-state index is 14.5. The third-order valence-corrected chi connectivity index (χ3v) is 12.5. The standard InChI is InChI=1S/C55H48N4O16/c56-58-57-44-47(45-42(32-68-53(72-45)40-24-14-5-15-25-40)70-54(44)66-31-30-35-26-28-41(29-27-35)59(64)65)75-55(34-69-50(61)37-18-8-2-9-19-37)48(73-52(63)39-22-12-4-13-23-39)46(71-51(62)38-20-10-3-11-21-38)43(74-55)33-67-49(60)36-16-6-1-7-17-36/h1-29,42-48,53-54H,30-34H2/t42-,43-,44+,45-,46-,47-,48+,53-,54-,55-/m1/s1. The predicted octanol–water partition coefficient (Wildman–Crippen LogP) is 8.32. The number of ether oxygens (including phenoxy) is 10. The van der Waals surface area contributed by atoms with Crippen LogP contribution in [-0.4, -0.2) is 110 Å². The average molecular weight is 1020 g/mol. The second kappa shape index (κ2) is 24.1. The summed E-state index contributed by atoms with van der Waals surface area (Å²) in [6.07, 6.45) is -11.2. The van der Waals surface area contributed by atoms with Gasteiger partial charge in [-0.15, -0.1) is 0 Å². The van der Waals surface area contributed by atoms with Crippen LogP contribution in [0.1, 0.15) is 58.8 Å². The van der Waals surface area contributed by atoms with Gasteiger partial charge in [0.25, 0.3) is 5.69 Å². The monoisotopic (exact) mass is 1020 g/mol. The molecule has 0 N–H and O–H groups in total. The highest BCUT2D eigenvalue weighted by molar-refractivity contribution is 5.91. The molecule has 20 heteroatoms. The number of rotatable bonds is 19. The number of nitrogens with zero attached hydrogens (tertiary/aromatic N) is 4. The number of nitro benzene ring substituents is 1. The predicted molar refractivity (Wildman–Crippen MR) is 262 cm³/mol. The van der Waals surface area contributed by atoms with E-state index in [1.54, 1.807) is 109 Å². The van der Waals surface area contributed by atoms with E-state index < -0.39 is 103 Å². The van der Waals surface area contributed by atoms with Crippen molar-refractivity contribution in [3.63, 3.8) is 0 Å². The summed E-state index contributed by atoms with van der Waals surface area (Å²) in [5.41, 5.74) is 11.9. The van der Waals surface area contributed by atoms with Gasteiger partial charge < -0.3 is 47.4 Å². The molecule has 0 unspecified atom stereocenters. The summed E-state index contributed by atoms with van der Waals surface area (Å²) < 4.78 is 64.2. The highest BCUT2D eigenvalue weighted by Gasteiger charge is 2.65. The Morgan fingerprint density at radius 3 is 1.76 bits per heavy atom. The van der Waals surface area contributed by atoms with E-state index >= 15 is 0 Å². The van der Waals surface area contributed by atoms with Gasteiger partial charge in [-0.1, -0.05) is 120 Å². The summed E-state index contributed by atoms with van der Waals surface area (Å²) >= 11 is 0. The number of azide groups is 1. The lowest BCUT2D eigenvalue weighted by atomic mass is 9.94. The van der Waals surface area contributed by atoms with E-state index in [4.69, 9.17) is 47.4 Å². The summed E-state index contributed by atoms with van der Waals surface area (Å²) in [7, 11) is 0. The number of non-ortho nitro benzene ring substituents is 1. The molecule has 6 aromatic rings. The number of nitro groups is 1. The molecule has 6 aromatic carbocycles. The second-order valence-electron chi connectivity index (χ2n) is 17.3. The Balaban J connectivity index is 1.15. The maximum atomic E-state index is 14.5. The zero-order valence-electron chi connectivity index (χ0n) is 39.8. The molecule has 10 atom stereocenters. The van der Waals surface area contributed by atoms with E-state index in [-0.39, 0.29) is 47.6 Å². The van der Waals surface area contributed by atoms with Crippen molar-refractivity contribution in [3.05, 3.63) is 230 Å². The number of esters is 4. The number of carbonyl (C=O) groups is 4. The Bertz CT molecular complexity index is 2960. The van der Waals surface area contributed by atoms with Crippen LogP contribution in [-0.2, 0) is 53.8 Å². The summed E-state index contributed by atoms with van der Waals surface area (Å²) in [5.74, 6) is -6.07. The van der Waals surface area contributed by atoms with Crippen molar-refractivity contribution in [1.82, 2.24) is 0 Å². The Labute approximate surface area is 428 Å². The van der Waals surface area contributed by atoms with E-state index in [2.05, 4.69) is 10.0 Å². The lowest BCUT2D eigenvalue weighted by Crippen LogP contribution is -2.66. The molecule has 3 heterocycles. The molecule has 0 aromatic heterocycles. The number of hydrogen-bond donors (Lipinski definition) is 0. The molecule has 3 aliphatic rings. The van der Waals surface area contributed by atoms with Crippen molar-refractivity contribution < 1.29 is 71.5 Å². The number of carbonyl (C=O) groups excluding carboxylic acids is 4. The fourth-order valence-electron chi connectivity index (χ4n) is 8.77. The fourth-order valence-corrected chi connectivity index (χ4v) is 8.77. The van der Waals surface area contributed by atoms with Gasteiger partial charge in [-0.05, 0) is 66.0 Å². The van der Waals surface area contributed by atoms with Gasteiger partial charge in [-0.2, -0.15) is 0 Å². The molecule has 0 bridgehead atoms. The third-order valence-electron chi connectivity index (χ3n) is 12.5. The van der Waals surface area contributed by atoms with Crippen molar-refractivity contribution in [2.24, 2.45) is 5.11 Å². The molecule has 3 saturated heterocycles.